The number of hydrogen-bond donors (Lipinski definition) is 1. The molecule has 2 aromatic rings. The highest BCUT2D eigenvalue weighted by atomic mass is 16.5. The highest BCUT2D eigenvalue weighted by Crippen LogP contribution is 2.32. The Balaban J connectivity index is 1.75. The van der Waals surface area contributed by atoms with Crippen LogP contribution in [0.15, 0.2) is 42.5 Å². The lowest BCUT2D eigenvalue weighted by atomic mass is 9.83. The number of nitrogens with two attached hydrogens (primary N) is 1. The van der Waals surface area contributed by atoms with E-state index in [1.165, 1.54) is 30.4 Å². The molecule has 0 amide bonds. The molecule has 0 bridgehead atoms. The molecule has 1 unspecified atom stereocenters. The first-order chi connectivity index (χ1) is 9.75. The number of fused-ring (bicyclic) bond motifs is 1. The van der Waals surface area contributed by atoms with Gasteiger partial charge in [-0.25, -0.2) is 0 Å². The number of benzene rings is 2. The predicted octanol–water partition coefficient (Wildman–Crippen LogP) is 4.08. The lowest BCUT2D eigenvalue weighted by molar-refractivity contribution is 0.273. The van der Waals surface area contributed by atoms with Gasteiger partial charge in [-0.2, -0.15) is 0 Å². The maximum Gasteiger partial charge on any atom is 0.124 e. The van der Waals surface area contributed by atoms with Crippen molar-refractivity contribution in [3.8, 4) is 5.75 Å². The second-order valence-corrected chi connectivity index (χ2v) is 5.57. The van der Waals surface area contributed by atoms with Gasteiger partial charge in [0.2, 0.25) is 0 Å². The molecule has 1 aliphatic rings. The van der Waals surface area contributed by atoms with Crippen molar-refractivity contribution in [2.45, 2.75) is 32.1 Å². The number of anilines is 1. The van der Waals surface area contributed by atoms with Crippen LogP contribution in [-0.2, 0) is 6.42 Å². The van der Waals surface area contributed by atoms with Crippen LogP contribution in [0, 0.1) is 6.92 Å². The molecule has 0 saturated carbocycles. The van der Waals surface area contributed by atoms with Gasteiger partial charge in [-0.15, -0.1) is 0 Å². The zero-order valence-corrected chi connectivity index (χ0v) is 11.9. The van der Waals surface area contributed by atoms with Gasteiger partial charge < -0.3 is 10.5 Å². The van der Waals surface area contributed by atoms with E-state index in [0.717, 1.165) is 23.6 Å². The fourth-order valence-corrected chi connectivity index (χ4v) is 3.01. The Morgan fingerprint density at radius 3 is 2.90 bits per heavy atom. The van der Waals surface area contributed by atoms with Crippen molar-refractivity contribution in [3.63, 3.8) is 0 Å². The molecule has 0 spiro atoms. The highest BCUT2D eigenvalue weighted by Gasteiger charge is 2.20. The van der Waals surface area contributed by atoms with Gasteiger partial charge in [0.1, 0.15) is 5.75 Å². The summed E-state index contributed by atoms with van der Waals surface area (Å²) in [7, 11) is 0. The maximum atomic E-state index is 6.03. The summed E-state index contributed by atoms with van der Waals surface area (Å²) in [6.45, 7) is 2.75. The summed E-state index contributed by atoms with van der Waals surface area (Å²) in [5, 5.41) is 0. The van der Waals surface area contributed by atoms with Crippen LogP contribution in [0.5, 0.6) is 5.75 Å². The molecule has 0 saturated heterocycles. The summed E-state index contributed by atoms with van der Waals surface area (Å²) >= 11 is 0. The molecular formula is C18H21NO. The van der Waals surface area contributed by atoms with Gasteiger partial charge in [-0.05, 0) is 49.4 Å². The molecule has 1 atom stereocenters. The van der Waals surface area contributed by atoms with Crippen molar-refractivity contribution >= 4 is 5.69 Å². The van der Waals surface area contributed by atoms with Crippen LogP contribution in [0.25, 0.3) is 0 Å². The number of nitrogen functional groups attached to an aromatic ring is 1. The topological polar surface area (TPSA) is 35.2 Å². The first-order valence-electron chi connectivity index (χ1n) is 7.31. The molecule has 2 heteroatoms. The number of ether oxygens (including phenoxy) is 1. The van der Waals surface area contributed by atoms with Crippen LogP contribution < -0.4 is 10.5 Å². The lowest BCUT2D eigenvalue weighted by Crippen LogP contribution is -2.17. The van der Waals surface area contributed by atoms with E-state index in [4.69, 9.17) is 10.5 Å². The fourth-order valence-electron chi connectivity index (χ4n) is 3.01. The highest BCUT2D eigenvalue weighted by molar-refractivity contribution is 5.53. The molecule has 0 fully saturated rings. The van der Waals surface area contributed by atoms with E-state index in [2.05, 4.69) is 24.3 Å². The third-order valence-electron chi connectivity index (χ3n) is 4.26. The van der Waals surface area contributed by atoms with Gasteiger partial charge >= 0.3 is 0 Å². The number of rotatable bonds is 3. The van der Waals surface area contributed by atoms with Crippen molar-refractivity contribution < 1.29 is 4.74 Å². The normalized spacial score (nSPS) is 17.6. The minimum Gasteiger partial charge on any atom is -0.493 e. The van der Waals surface area contributed by atoms with E-state index in [9.17, 15) is 0 Å². The molecule has 0 aliphatic heterocycles. The second kappa shape index (κ2) is 5.58. The van der Waals surface area contributed by atoms with Crippen LogP contribution in [0.1, 0.15) is 35.4 Å². The summed E-state index contributed by atoms with van der Waals surface area (Å²) < 4.78 is 6.03. The Morgan fingerprint density at radius 2 is 2.00 bits per heavy atom. The van der Waals surface area contributed by atoms with Crippen molar-refractivity contribution in [3.05, 3.63) is 59.2 Å². The molecule has 0 radical (unpaired) electrons. The lowest BCUT2D eigenvalue weighted by Gasteiger charge is -2.25. The van der Waals surface area contributed by atoms with E-state index >= 15 is 0 Å². The third kappa shape index (κ3) is 2.51. The SMILES string of the molecule is Cc1c(N)cccc1OCC1CCCc2ccccc21. The van der Waals surface area contributed by atoms with Gasteiger partial charge in [0.25, 0.3) is 0 Å². The number of aryl methyl sites for hydroxylation is 1. The largest absolute Gasteiger partial charge is 0.493 e. The van der Waals surface area contributed by atoms with Crippen LogP contribution >= 0.6 is 0 Å². The van der Waals surface area contributed by atoms with Crippen molar-refractivity contribution in [2.75, 3.05) is 12.3 Å². The van der Waals surface area contributed by atoms with Crippen LogP contribution in [0.4, 0.5) is 5.69 Å². The van der Waals surface area contributed by atoms with E-state index in [-0.39, 0.29) is 0 Å². The minimum atomic E-state index is 0.501. The third-order valence-corrected chi connectivity index (χ3v) is 4.26. The van der Waals surface area contributed by atoms with Gasteiger partial charge in [0, 0.05) is 17.2 Å². The Labute approximate surface area is 120 Å². The maximum absolute atomic E-state index is 6.03. The van der Waals surface area contributed by atoms with Crippen molar-refractivity contribution in [2.24, 2.45) is 0 Å². The summed E-state index contributed by atoms with van der Waals surface area (Å²) in [4.78, 5) is 0. The molecule has 20 heavy (non-hydrogen) atoms. The van der Waals surface area contributed by atoms with Crippen LogP contribution in [0.3, 0.4) is 0 Å². The van der Waals surface area contributed by atoms with E-state index < -0.39 is 0 Å². The summed E-state index contributed by atoms with van der Waals surface area (Å²) in [5.74, 6) is 1.41. The first kappa shape index (κ1) is 13.0. The summed E-state index contributed by atoms with van der Waals surface area (Å²) in [5.41, 5.74) is 10.7. The molecule has 2 aromatic carbocycles. The van der Waals surface area contributed by atoms with E-state index in [0.29, 0.717) is 5.92 Å². The molecule has 104 valence electrons. The van der Waals surface area contributed by atoms with Gasteiger partial charge in [0.15, 0.2) is 0 Å². The van der Waals surface area contributed by atoms with E-state index in [1.807, 2.05) is 25.1 Å². The summed E-state index contributed by atoms with van der Waals surface area (Å²) in [6, 6.07) is 14.6. The smallest absolute Gasteiger partial charge is 0.124 e. The van der Waals surface area contributed by atoms with Crippen molar-refractivity contribution in [1.29, 1.82) is 0 Å². The molecule has 3 rings (SSSR count). The summed E-state index contributed by atoms with van der Waals surface area (Å²) in [6.07, 6.45) is 3.66. The Hall–Kier alpha value is -1.96. The molecule has 2 nitrogen and oxygen atoms in total. The first-order valence-corrected chi connectivity index (χ1v) is 7.31. The van der Waals surface area contributed by atoms with Crippen molar-refractivity contribution in [1.82, 2.24) is 0 Å². The molecule has 1 aliphatic carbocycles. The van der Waals surface area contributed by atoms with E-state index in [1.54, 1.807) is 0 Å². The minimum absolute atomic E-state index is 0.501. The standard InChI is InChI=1S/C18H21NO/c1-13-17(19)10-5-11-18(13)20-12-15-8-4-7-14-6-2-3-9-16(14)15/h2-3,5-6,9-11,15H,4,7-8,12,19H2,1H3. The van der Waals surface area contributed by atoms with Gasteiger partial charge in [-0.1, -0.05) is 30.3 Å². The molecule has 0 heterocycles. The van der Waals surface area contributed by atoms with Gasteiger partial charge in [0.05, 0.1) is 6.61 Å². The Bertz CT molecular complexity index is 606. The predicted molar refractivity (Wildman–Crippen MR) is 83.2 cm³/mol. The average Bonchev–Trinajstić information content (AvgIpc) is 2.49. The molecule has 0 aromatic heterocycles. The average molecular weight is 267 g/mol. The zero-order valence-electron chi connectivity index (χ0n) is 11.9. The monoisotopic (exact) mass is 267 g/mol. The van der Waals surface area contributed by atoms with Crippen LogP contribution in [-0.4, -0.2) is 6.61 Å². The number of hydrogen-bond acceptors (Lipinski definition) is 2. The Morgan fingerprint density at radius 1 is 1.15 bits per heavy atom. The van der Waals surface area contributed by atoms with Crippen LogP contribution in [0.2, 0.25) is 0 Å². The second-order valence-electron chi connectivity index (χ2n) is 5.57. The molecule has 2 N–H and O–H groups in total. The van der Waals surface area contributed by atoms with Gasteiger partial charge in [-0.3, -0.25) is 0 Å². The fraction of sp³-hybridized carbons (Fsp3) is 0.333. The quantitative estimate of drug-likeness (QED) is 0.851. The zero-order chi connectivity index (χ0) is 13.9. The molecular weight excluding hydrogens is 246 g/mol. The Kier molecular flexibility index (Phi) is 3.64.